The van der Waals surface area contributed by atoms with E-state index in [4.69, 9.17) is 4.74 Å². The van der Waals surface area contributed by atoms with Crippen LogP contribution in [0, 0.1) is 5.92 Å². The maximum atomic E-state index is 13.8. The molecular weight excluding hydrogens is 383 g/mol. The molecule has 1 unspecified atom stereocenters. The molecule has 1 N–H and O–H groups in total. The minimum absolute atomic E-state index is 0.0469. The predicted octanol–water partition coefficient (Wildman–Crippen LogP) is 3.73. The van der Waals surface area contributed by atoms with Gasteiger partial charge < -0.3 is 10.1 Å². The summed E-state index contributed by atoms with van der Waals surface area (Å²) in [6.45, 7) is 7.19. The van der Waals surface area contributed by atoms with E-state index in [-0.39, 0.29) is 23.5 Å². The van der Waals surface area contributed by atoms with Crippen LogP contribution in [-0.2, 0) is 10.9 Å². The van der Waals surface area contributed by atoms with Gasteiger partial charge in [0.25, 0.3) is 5.91 Å². The number of amides is 1. The summed E-state index contributed by atoms with van der Waals surface area (Å²) in [5.74, 6) is -0.356. The molecular formula is C21H26F3N3O2. The Balaban J connectivity index is 1.83. The highest BCUT2D eigenvalue weighted by molar-refractivity contribution is 6.00. The zero-order valence-electron chi connectivity index (χ0n) is 16.6. The Labute approximate surface area is 168 Å². The predicted molar refractivity (Wildman–Crippen MR) is 105 cm³/mol. The van der Waals surface area contributed by atoms with Crippen molar-refractivity contribution in [2.24, 2.45) is 5.92 Å². The van der Waals surface area contributed by atoms with E-state index in [0.29, 0.717) is 19.1 Å². The highest BCUT2D eigenvalue weighted by Crippen LogP contribution is 2.36. The summed E-state index contributed by atoms with van der Waals surface area (Å²) >= 11 is 0. The van der Waals surface area contributed by atoms with Crippen molar-refractivity contribution in [3.63, 3.8) is 0 Å². The first-order valence-corrected chi connectivity index (χ1v) is 9.82. The van der Waals surface area contributed by atoms with E-state index in [0.717, 1.165) is 25.7 Å². The van der Waals surface area contributed by atoms with Crippen molar-refractivity contribution in [2.45, 2.75) is 32.5 Å². The summed E-state index contributed by atoms with van der Waals surface area (Å²) in [6.07, 6.45) is -2.80. The Kier molecular flexibility index (Phi) is 6.74. The number of morpholine rings is 1. The number of hydrogen-bond donors (Lipinski definition) is 1. The van der Waals surface area contributed by atoms with Crippen LogP contribution in [0.1, 0.15) is 36.2 Å². The Morgan fingerprint density at radius 3 is 2.59 bits per heavy atom. The fourth-order valence-electron chi connectivity index (χ4n) is 3.77. The van der Waals surface area contributed by atoms with Crippen LogP contribution in [0.3, 0.4) is 0 Å². The van der Waals surface area contributed by atoms with Crippen molar-refractivity contribution in [2.75, 3.05) is 32.8 Å². The highest BCUT2D eigenvalue weighted by atomic mass is 19.4. The van der Waals surface area contributed by atoms with Gasteiger partial charge in [-0.2, -0.15) is 13.2 Å². The summed E-state index contributed by atoms with van der Waals surface area (Å²) in [6, 6.07) is 6.03. The van der Waals surface area contributed by atoms with Crippen LogP contribution >= 0.6 is 0 Å². The van der Waals surface area contributed by atoms with Crippen molar-refractivity contribution in [1.82, 2.24) is 15.2 Å². The number of alkyl halides is 3. The van der Waals surface area contributed by atoms with E-state index in [1.54, 1.807) is 6.07 Å². The molecule has 0 aliphatic carbocycles. The number of ether oxygens (including phenoxy) is 1. The molecule has 1 aromatic carbocycles. The molecule has 0 saturated carbocycles. The molecule has 3 rings (SSSR count). The van der Waals surface area contributed by atoms with Gasteiger partial charge in [0.1, 0.15) is 0 Å². The fourth-order valence-corrected chi connectivity index (χ4v) is 3.77. The van der Waals surface area contributed by atoms with Gasteiger partial charge in [-0.05, 0) is 18.4 Å². The van der Waals surface area contributed by atoms with Gasteiger partial charge in [-0.1, -0.05) is 32.0 Å². The van der Waals surface area contributed by atoms with E-state index < -0.39 is 23.2 Å². The minimum Gasteiger partial charge on any atom is -0.379 e. The fraction of sp³-hybridized carbons (Fsp3) is 0.524. The number of nitrogens with zero attached hydrogens (tertiary/aromatic N) is 2. The molecule has 5 nitrogen and oxygen atoms in total. The molecule has 1 saturated heterocycles. The van der Waals surface area contributed by atoms with E-state index >= 15 is 0 Å². The van der Waals surface area contributed by atoms with Gasteiger partial charge in [-0.3, -0.25) is 14.7 Å². The molecule has 1 amide bonds. The first-order valence-electron chi connectivity index (χ1n) is 9.82. The van der Waals surface area contributed by atoms with Crippen molar-refractivity contribution >= 4 is 16.8 Å². The molecule has 0 spiro atoms. The van der Waals surface area contributed by atoms with Crippen LogP contribution in [0.5, 0.6) is 0 Å². The van der Waals surface area contributed by atoms with Crippen LogP contribution in [0.15, 0.2) is 30.5 Å². The normalized spacial score (nSPS) is 16.9. The maximum Gasteiger partial charge on any atom is 0.417 e. The number of aromatic nitrogens is 1. The lowest BCUT2D eigenvalue weighted by molar-refractivity contribution is -0.136. The summed E-state index contributed by atoms with van der Waals surface area (Å²) in [5, 5.41) is 2.65. The Bertz CT molecular complexity index is 849. The molecule has 1 atom stereocenters. The van der Waals surface area contributed by atoms with E-state index in [9.17, 15) is 18.0 Å². The smallest absolute Gasteiger partial charge is 0.379 e. The third-order valence-corrected chi connectivity index (χ3v) is 5.11. The number of carbonyl (C=O) groups excluding carboxylic acids is 1. The molecule has 1 fully saturated rings. The third-order valence-electron chi connectivity index (χ3n) is 5.11. The van der Waals surface area contributed by atoms with Crippen molar-refractivity contribution in [1.29, 1.82) is 0 Å². The van der Waals surface area contributed by atoms with Crippen LogP contribution in [-0.4, -0.2) is 54.7 Å². The Hall–Kier alpha value is -2.19. The summed E-state index contributed by atoms with van der Waals surface area (Å²) < 4.78 is 46.7. The monoisotopic (exact) mass is 409 g/mol. The van der Waals surface area contributed by atoms with Crippen molar-refractivity contribution in [3.8, 4) is 0 Å². The van der Waals surface area contributed by atoms with E-state index in [2.05, 4.69) is 29.0 Å². The summed E-state index contributed by atoms with van der Waals surface area (Å²) in [7, 11) is 0. The van der Waals surface area contributed by atoms with Gasteiger partial charge in [-0.15, -0.1) is 0 Å². The molecule has 1 aliphatic heterocycles. The number of hydrogen-bond acceptors (Lipinski definition) is 4. The number of pyridine rings is 1. The lowest BCUT2D eigenvalue weighted by Gasteiger charge is -2.35. The van der Waals surface area contributed by atoms with Gasteiger partial charge >= 0.3 is 6.18 Å². The second kappa shape index (κ2) is 9.09. The number of nitrogens with one attached hydrogen (secondary N) is 1. The standard InChI is InChI=1S/C21H26F3N3O2/c1-14(2)11-15(27-7-9-29-10-8-27)12-26-20(28)17-13-25-18-6-4-3-5-16(18)19(17)21(22,23)24/h3-6,13-15H,7-12H2,1-2H3,(H,26,28). The zero-order chi connectivity index (χ0) is 21.0. The highest BCUT2D eigenvalue weighted by Gasteiger charge is 2.37. The number of rotatable bonds is 6. The topological polar surface area (TPSA) is 54.5 Å². The summed E-state index contributed by atoms with van der Waals surface area (Å²) in [5.41, 5.74) is -1.17. The van der Waals surface area contributed by atoms with Crippen LogP contribution in [0.4, 0.5) is 13.2 Å². The van der Waals surface area contributed by atoms with E-state index in [1.807, 2.05) is 0 Å². The van der Waals surface area contributed by atoms with Crippen LogP contribution in [0.25, 0.3) is 10.9 Å². The second-order valence-electron chi connectivity index (χ2n) is 7.70. The average molecular weight is 409 g/mol. The Morgan fingerprint density at radius 1 is 1.24 bits per heavy atom. The van der Waals surface area contributed by atoms with Crippen molar-refractivity contribution < 1.29 is 22.7 Å². The Morgan fingerprint density at radius 2 is 1.93 bits per heavy atom. The van der Waals surface area contributed by atoms with Gasteiger partial charge in [0.2, 0.25) is 0 Å². The average Bonchev–Trinajstić information content (AvgIpc) is 2.69. The zero-order valence-corrected chi connectivity index (χ0v) is 16.6. The van der Waals surface area contributed by atoms with Crippen LogP contribution in [0.2, 0.25) is 0 Å². The number of fused-ring (bicyclic) bond motifs is 1. The lowest BCUT2D eigenvalue weighted by Crippen LogP contribution is -2.49. The summed E-state index contributed by atoms with van der Waals surface area (Å²) in [4.78, 5) is 19.0. The molecule has 1 aliphatic rings. The molecule has 29 heavy (non-hydrogen) atoms. The molecule has 1 aromatic heterocycles. The minimum atomic E-state index is -4.66. The van der Waals surface area contributed by atoms with Crippen molar-refractivity contribution in [3.05, 3.63) is 41.6 Å². The molecule has 8 heteroatoms. The number of halogens is 3. The maximum absolute atomic E-state index is 13.8. The van der Waals surface area contributed by atoms with Gasteiger partial charge in [0.05, 0.1) is 29.9 Å². The first kappa shape index (κ1) is 21.5. The number of carbonyl (C=O) groups is 1. The number of benzene rings is 1. The number of para-hydroxylation sites is 1. The SMILES string of the molecule is CC(C)CC(CNC(=O)c1cnc2ccccc2c1C(F)(F)F)N1CCOCC1. The van der Waals surface area contributed by atoms with Crippen LogP contribution < -0.4 is 5.32 Å². The largest absolute Gasteiger partial charge is 0.417 e. The molecule has 0 radical (unpaired) electrons. The van der Waals surface area contributed by atoms with Gasteiger partial charge in [0, 0.05) is 37.3 Å². The van der Waals surface area contributed by atoms with E-state index in [1.165, 1.54) is 18.2 Å². The lowest BCUT2D eigenvalue weighted by atomic mass is 10.0. The molecule has 2 heterocycles. The molecule has 158 valence electrons. The quantitative estimate of drug-likeness (QED) is 0.790. The van der Waals surface area contributed by atoms with Gasteiger partial charge in [0.15, 0.2) is 0 Å². The van der Waals surface area contributed by atoms with Gasteiger partial charge in [-0.25, -0.2) is 0 Å². The molecule has 2 aromatic rings. The molecule has 0 bridgehead atoms. The first-order chi connectivity index (χ1) is 13.8. The third kappa shape index (κ3) is 5.25. The second-order valence-corrected chi connectivity index (χ2v) is 7.70.